The lowest BCUT2D eigenvalue weighted by Crippen LogP contribution is -2.27. The van der Waals surface area contributed by atoms with Crippen LogP contribution in [0.3, 0.4) is 0 Å². The van der Waals surface area contributed by atoms with E-state index in [2.05, 4.69) is 68.4 Å². The van der Waals surface area contributed by atoms with Crippen molar-refractivity contribution in [2.24, 2.45) is 0 Å². The van der Waals surface area contributed by atoms with Crippen LogP contribution in [0.15, 0.2) is 41.3 Å². The maximum Gasteiger partial charge on any atom is 0.0288 e. The van der Waals surface area contributed by atoms with Gasteiger partial charge in [0.25, 0.3) is 0 Å². The number of aryl methyl sites for hydroxylation is 4. The Kier molecular flexibility index (Phi) is 5.13. The third-order valence-electron chi connectivity index (χ3n) is 4.83. The van der Waals surface area contributed by atoms with Gasteiger partial charge in [0.15, 0.2) is 0 Å². The minimum absolute atomic E-state index is 0.729. The third-order valence-corrected chi connectivity index (χ3v) is 6.28. The zero-order valence-electron chi connectivity index (χ0n) is 14.7. The van der Waals surface area contributed by atoms with E-state index in [0.717, 1.165) is 5.92 Å². The summed E-state index contributed by atoms with van der Waals surface area (Å²) in [4.78, 5) is 1.45. The summed E-state index contributed by atoms with van der Waals surface area (Å²) in [5, 5.41) is 0. The lowest BCUT2D eigenvalue weighted by atomic mass is 9.90. The first-order valence-corrected chi connectivity index (χ1v) is 9.37. The molecule has 2 aromatic rings. The van der Waals surface area contributed by atoms with Crippen molar-refractivity contribution < 1.29 is 0 Å². The van der Waals surface area contributed by atoms with E-state index in [4.69, 9.17) is 0 Å². The van der Waals surface area contributed by atoms with Gasteiger partial charge in [-0.15, -0.1) is 0 Å². The van der Waals surface area contributed by atoms with Crippen LogP contribution in [0.1, 0.15) is 46.6 Å². The Morgan fingerprint density at radius 3 is 1.96 bits per heavy atom. The molecule has 1 aliphatic rings. The van der Waals surface area contributed by atoms with Crippen molar-refractivity contribution in [2.75, 3.05) is 13.1 Å². The van der Waals surface area contributed by atoms with Gasteiger partial charge >= 0.3 is 0 Å². The summed E-state index contributed by atoms with van der Waals surface area (Å²) in [6.45, 7) is 11.2. The molecule has 0 saturated carbocycles. The summed E-state index contributed by atoms with van der Waals surface area (Å²) in [5.41, 5.74) is 7.05. The summed E-state index contributed by atoms with van der Waals surface area (Å²) in [6.07, 6.45) is 2.53. The number of nitrogens with zero attached hydrogens (tertiary/aromatic N) is 1. The average Bonchev–Trinajstić information content (AvgIpc) is 2.52. The molecule has 0 bridgehead atoms. The van der Waals surface area contributed by atoms with Crippen LogP contribution >= 0.6 is 11.9 Å². The van der Waals surface area contributed by atoms with Crippen molar-refractivity contribution in [2.45, 2.75) is 51.3 Å². The molecule has 2 heteroatoms. The molecular weight excluding hydrogens is 298 g/mol. The fourth-order valence-electron chi connectivity index (χ4n) is 3.56. The molecule has 23 heavy (non-hydrogen) atoms. The molecule has 0 N–H and O–H groups in total. The number of benzene rings is 2. The predicted octanol–water partition coefficient (Wildman–Crippen LogP) is 5.81. The first-order chi connectivity index (χ1) is 11.0. The summed E-state index contributed by atoms with van der Waals surface area (Å²) in [7, 11) is 0. The van der Waals surface area contributed by atoms with Crippen molar-refractivity contribution in [3.8, 4) is 0 Å². The summed E-state index contributed by atoms with van der Waals surface area (Å²) >= 11 is 1.96. The maximum absolute atomic E-state index is 2.55. The molecule has 2 aromatic carbocycles. The number of rotatable bonds is 3. The smallest absolute Gasteiger partial charge is 0.0288 e. The fourth-order valence-corrected chi connectivity index (χ4v) is 4.62. The van der Waals surface area contributed by atoms with Crippen molar-refractivity contribution >= 4 is 11.9 Å². The number of hydrogen-bond donors (Lipinski definition) is 0. The van der Waals surface area contributed by atoms with Gasteiger partial charge in [0.2, 0.25) is 0 Å². The van der Waals surface area contributed by atoms with E-state index in [9.17, 15) is 0 Å². The average molecular weight is 326 g/mol. The van der Waals surface area contributed by atoms with Crippen LogP contribution in [-0.4, -0.2) is 17.4 Å². The third kappa shape index (κ3) is 3.99. The van der Waals surface area contributed by atoms with Gasteiger partial charge in [-0.3, -0.25) is 0 Å². The zero-order chi connectivity index (χ0) is 16.4. The van der Waals surface area contributed by atoms with Crippen molar-refractivity contribution in [3.63, 3.8) is 0 Å². The molecule has 0 aliphatic carbocycles. The second-order valence-corrected chi connectivity index (χ2v) is 8.04. The summed E-state index contributed by atoms with van der Waals surface area (Å²) in [5.74, 6) is 0.729. The normalized spacial score (nSPS) is 16.7. The molecule has 1 fully saturated rings. The molecule has 1 aliphatic heterocycles. The van der Waals surface area contributed by atoms with Crippen LogP contribution in [-0.2, 0) is 0 Å². The quantitative estimate of drug-likeness (QED) is 0.655. The lowest BCUT2D eigenvalue weighted by Gasteiger charge is -2.32. The highest BCUT2D eigenvalue weighted by Crippen LogP contribution is 2.36. The van der Waals surface area contributed by atoms with Gasteiger partial charge in [0, 0.05) is 18.0 Å². The first-order valence-electron chi connectivity index (χ1n) is 8.60. The van der Waals surface area contributed by atoms with Gasteiger partial charge in [-0.1, -0.05) is 47.5 Å². The highest BCUT2D eigenvalue weighted by molar-refractivity contribution is 7.97. The molecule has 122 valence electrons. The van der Waals surface area contributed by atoms with E-state index < -0.39 is 0 Å². The van der Waals surface area contributed by atoms with Gasteiger partial charge in [-0.2, -0.15) is 0 Å². The van der Waals surface area contributed by atoms with Crippen LogP contribution in [0.2, 0.25) is 0 Å². The Bertz CT molecular complexity index is 644. The Morgan fingerprint density at radius 1 is 0.826 bits per heavy atom. The SMILES string of the molecule is Cc1ccc(C2CCN(Sc3c(C)cc(C)cc3C)CC2)cc1. The van der Waals surface area contributed by atoms with E-state index in [-0.39, 0.29) is 0 Å². The van der Waals surface area contributed by atoms with Crippen LogP contribution in [0, 0.1) is 27.7 Å². The lowest BCUT2D eigenvalue weighted by molar-refractivity contribution is 0.346. The van der Waals surface area contributed by atoms with E-state index in [1.165, 1.54) is 58.6 Å². The summed E-state index contributed by atoms with van der Waals surface area (Å²) < 4.78 is 2.55. The largest absolute Gasteiger partial charge is 0.246 e. The first kappa shape index (κ1) is 16.6. The predicted molar refractivity (Wildman–Crippen MR) is 101 cm³/mol. The van der Waals surface area contributed by atoms with Crippen LogP contribution < -0.4 is 0 Å². The van der Waals surface area contributed by atoms with Crippen molar-refractivity contribution in [1.82, 2.24) is 4.31 Å². The van der Waals surface area contributed by atoms with Gasteiger partial charge in [0.1, 0.15) is 0 Å². The molecule has 3 rings (SSSR count). The topological polar surface area (TPSA) is 3.24 Å². The van der Waals surface area contributed by atoms with E-state index in [0.29, 0.717) is 0 Å². The molecule has 0 amide bonds. The summed E-state index contributed by atoms with van der Waals surface area (Å²) in [6, 6.07) is 13.7. The number of hydrogen-bond acceptors (Lipinski definition) is 2. The van der Waals surface area contributed by atoms with Crippen LogP contribution in [0.5, 0.6) is 0 Å². The molecule has 0 aromatic heterocycles. The molecule has 0 radical (unpaired) electrons. The second kappa shape index (κ2) is 7.11. The van der Waals surface area contributed by atoms with Gasteiger partial charge < -0.3 is 0 Å². The van der Waals surface area contributed by atoms with Gasteiger partial charge in [0.05, 0.1) is 0 Å². The van der Waals surface area contributed by atoms with Crippen molar-refractivity contribution in [3.05, 3.63) is 64.2 Å². The Labute approximate surface area is 145 Å². The molecule has 1 saturated heterocycles. The maximum atomic E-state index is 2.55. The highest BCUT2D eigenvalue weighted by atomic mass is 32.2. The fraction of sp³-hybridized carbons (Fsp3) is 0.429. The molecule has 0 unspecified atom stereocenters. The van der Waals surface area contributed by atoms with E-state index in [1.807, 2.05) is 11.9 Å². The van der Waals surface area contributed by atoms with E-state index >= 15 is 0 Å². The Hall–Kier alpha value is -1.25. The van der Waals surface area contributed by atoms with Gasteiger partial charge in [-0.05, 0) is 75.1 Å². The van der Waals surface area contributed by atoms with Crippen molar-refractivity contribution in [1.29, 1.82) is 0 Å². The monoisotopic (exact) mass is 325 g/mol. The molecular formula is C21H27NS. The minimum atomic E-state index is 0.729. The standard InChI is InChI=1S/C21H27NS/c1-15-5-7-19(8-6-15)20-9-11-22(12-10-20)23-21-17(3)13-16(2)14-18(21)4/h5-8,13-14,20H,9-12H2,1-4H3. The zero-order valence-corrected chi connectivity index (χ0v) is 15.5. The molecule has 1 nitrogen and oxygen atoms in total. The second-order valence-electron chi connectivity index (χ2n) is 6.93. The molecule has 0 spiro atoms. The minimum Gasteiger partial charge on any atom is -0.246 e. The van der Waals surface area contributed by atoms with Crippen LogP contribution in [0.4, 0.5) is 0 Å². The Balaban J connectivity index is 1.62. The molecule has 0 atom stereocenters. The highest BCUT2D eigenvalue weighted by Gasteiger charge is 2.22. The van der Waals surface area contributed by atoms with E-state index in [1.54, 1.807) is 0 Å². The van der Waals surface area contributed by atoms with Gasteiger partial charge in [-0.25, -0.2) is 4.31 Å². The number of piperidine rings is 1. The Morgan fingerprint density at radius 2 is 1.39 bits per heavy atom. The van der Waals surface area contributed by atoms with Crippen LogP contribution in [0.25, 0.3) is 0 Å². The molecule has 1 heterocycles.